The molecule has 6 nitrogen and oxygen atoms in total. The van der Waals surface area contributed by atoms with Crippen LogP contribution in [0.15, 0.2) is 41.0 Å². The number of hydrogen-bond acceptors (Lipinski definition) is 5. The van der Waals surface area contributed by atoms with Gasteiger partial charge in [0.2, 0.25) is 0 Å². The largest absolute Gasteiger partial charge is 0.462 e. The molecule has 1 aromatic heterocycles. The Morgan fingerprint density at radius 3 is 2.52 bits per heavy atom. The minimum atomic E-state index is -0.392. The summed E-state index contributed by atoms with van der Waals surface area (Å²) in [5.41, 5.74) is 0.859. The maximum absolute atomic E-state index is 13.2. The summed E-state index contributed by atoms with van der Waals surface area (Å²) in [6.45, 7) is 4.38. The summed E-state index contributed by atoms with van der Waals surface area (Å²) in [4.78, 5) is 32.5. The van der Waals surface area contributed by atoms with Gasteiger partial charge in [-0.3, -0.25) is 4.79 Å². The minimum absolute atomic E-state index is 0.132. The lowest BCUT2D eigenvalue weighted by atomic mass is 10.1. The van der Waals surface area contributed by atoms with Crippen molar-refractivity contribution in [1.82, 2.24) is 9.88 Å². The Bertz CT molecular complexity index is 837. The zero-order valence-electron chi connectivity index (χ0n) is 14.8. The molecular formula is C19H19BrFN3O3. The van der Waals surface area contributed by atoms with E-state index in [1.165, 1.54) is 24.4 Å². The molecule has 0 atom stereocenters. The second-order valence-corrected chi connectivity index (χ2v) is 6.88. The lowest BCUT2D eigenvalue weighted by molar-refractivity contribution is 0.0525. The van der Waals surface area contributed by atoms with E-state index in [-0.39, 0.29) is 11.7 Å². The molecule has 2 heterocycles. The van der Waals surface area contributed by atoms with Gasteiger partial charge in [0.05, 0.1) is 17.7 Å². The predicted molar refractivity (Wildman–Crippen MR) is 102 cm³/mol. The number of piperazine rings is 1. The number of anilines is 1. The van der Waals surface area contributed by atoms with Gasteiger partial charge in [-0.05, 0) is 53.2 Å². The molecule has 1 aromatic carbocycles. The van der Waals surface area contributed by atoms with Crippen LogP contribution >= 0.6 is 15.9 Å². The van der Waals surface area contributed by atoms with Crippen molar-refractivity contribution in [3.8, 4) is 0 Å². The summed E-state index contributed by atoms with van der Waals surface area (Å²) >= 11 is 3.25. The van der Waals surface area contributed by atoms with E-state index in [9.17, 15) is 14.0 Å². The van der Waals surface area contributed by atoms with Crippen LogP contribution in [-0.4, -0.2) is 54.5 Å². The highest BCUT2D eigenvalue weighted by atomic mass is 79.9. The fourth-order valence-corrected chi connectivity index (χ4v) is 3.40. The van der Waals surface area contributed by atoms with Crippen molar-refractivity contribution >= 4 is 33.6 Å². The molecule has 0 N–H and O–H groups in total. The summed E-state index contributed by atoms with van der Waals surface area (Å²) < 4.78 is 18.6. The van der Waals surface area contributed by atoms with Gasteiger partial charge >= 0.3 is 5.97 Å². The standard InChI is InChI=1S/C19H19BrFN3O3/c1-2-27-19(26)13-3-6-17(22-12-13)23-7-9-24(10-8-23)18(25)15-5-4-14(21)11-16(15)20/h3-6,11-12H,2,7-10H2,1H3. The number of ether oxygens (including phenoxy) is 1. The topological polar surface area (TPSA) is 62.7 Å². The van der Waals surface area contributed by atoms with Gasteiger partial charge < -0.3 is 14.5 Å². The minimum Gasteiger partial charge on any atom is -0.462 e. The van der Waals surface area contributed by atoms with Crippen LogP contribution in [0.4, 0.5) is 10.2 Å². The monoisotopic (exact) mass is 435 g/mol. The predicted octanol–water partition coefficient (Wildman–Crippen LogP) is 3.12. The van der Waals surface area contributed by atoms with Gasteiger partial charge in [0, 0.05) is 36.8 Å². The summed E-state index contributed by atoms with van der Waals surface area (Å²) in [5, 5.41) is 0. The molecule has 27 heavy (non-hydrogen) atoms. The second-order valence-electron chi connectivity index (χ2n) is 6.03. The molecule has 0 aliphatic carbocycles. The second kappa shape index (κ2) is 8.47. The van der Waals surface area contributed by atoms with E-state index in [4.69, 9.17) is 4.74 Å². The number of esters is 1. The van der Waals surface area contributed by atoms with Crippen molar-refractivity contribution < 1.29 is 18.7 Å². The van der Waals surface area contributed by atoms with Gasteiger partial charge in [0.1, 0.15) is 11.6 Å². The van der Waals surface area contributed by atoms with E-state index >= 15 is 0 Å². The number of halogens is 2. The summed E-state index contributed by atoms with van der Waals surface area (Å²) in [7, 11) is 0. The van der Waals surface area contributed by atoms with Crippen molar-refractivity contribution in [3.05, 3.63) is 57.9 Å². The Balaban J connectivity index is 1.61. The number of nitrogens with zero attached hydrogens (tertiary/aromatic N) is 3. The van der Waals surface area contributed by atoms with E-state index in [2.05, 4.69) is 25.8 Å². The first kappa shape index (κ1) is 19.3. The molecule has 1 amide bonds. The fraction of sp³-hybridized carbons (Fsp3) is 0.316. The first-order chi connectivity index (χ1) is 13.0. The lowest BCUT2D eigenvalue weighted by Gasteiger charge is -2.35. The number of pyridine rings is 1. The van der Waals surface area contributed by atoms with Crippen molar-refractivity contribution in [3.63, 3.8) is 0 Å². The van der Waals surface area contributed by atoms with E-state index in [1.54, 1.807) is 24.0 Å². The van der Waals surface area contributed by atoms with E-state index in [1.807, 2.05) is 0 Å². The lowest BCUT2D eigenvalue weighted by Crippen LogP contribution is -2.49. The highest BCUT2D eigenvalue weighted by Crippen LogP contribution is 2.21. The molecule has 1 saturated heterocycles. The molecule has 1 aliphatic heterocycles. The number of aromatic nitrogens is 1. The van der Waals surface area contributed by atoms with Gasteiger partial charge in [0.15, 0.2) is 0 Å². The summed E-state index contributed by atoms with van der Waals surface area (Å²) in [5.74, 6) is -0.164. The van der Waals surface area contributed by atoms with Crippen molar-refractivity contribution in [2.45, 2.75) is 6.92 Å². The molecule has 0 radical (unpaired) electrons. The SMILES string of the molecule is CCOC(=O)c1ccc(N2CCN(C(=O)c3ccc(F)cc3Br)CC2)nc1. The Kier molecular flexibility index (Phi) is 6.05. The van der Waals surface area contributed by atoms with Crippen LogP contribution in [0, 0.1) is 5.82 Å². The number of carbonyl (C=O) groups is 2. The quantitative estimate of drug-likeness (QED) is 0.690. The van der Waals surface area contributed by atoms with E-state index in [0.29, 0.717) is 48.4 Å². The molecule has 2 aromatic rings. The van der Waals surface area contributed by atoms with Gasteiger partial charge in [-0.1, -0.05) is 0 Å². The van der Waals surface area contributed by atoms with Crippen LogP contribution in [0.3, 0.4) is 0 Å². The third-order valence-corrected chi connectivity index (χ3v) is 4.97. The van der Waals surface area contributed by atoms with Crippen molar-refractivity contribution in [1.29, 1.82) is 0 Å². The normalized spacial score (nSPS) is 14.2. The molecule has 0 spiro atoms. The van der Waals surface area contributed by atoms with Crippen LogP contribution < -0.4 is 4.90 Å². The highest BCUT2D eigenvalue weighted by Gasteiger charge is 2.24. The molecule has 0 saturated carbocycles. The molecular weight excluding hydrogens is 417 g/mol. The van der Waals surface area contributed by atoms with Gasteiger partial charge in [-0.2, -0.15) is 0 Å². The Labute approximate surface area is 165 Å². The molecule has 8 heteroatoms. The zero-order valence-corrected chi connectivity index (χ0v) is 16.4. The maximum Gasteiger partial charge on any atom is 0.339 e. The third kappa shape index (κ3) is 4.44. The van der Waals surface area contributed by atoms with Crippen LogP contribution in [0.25, 0.3) is 0 Å². The van der Waals surface area contributed by atoms with E-state index in [0.717, 1.165) is 5.82 Å². The van der Waals surface area contributed by atoms with Gasteiger partial charge in [-0.15, -0.1) is 0 Å². The molecule has 0 bridgehead atoms. The Hall–Kier alpha value is -2.48. The Morgan fingerprint density at radius 2 is 1.93 bits per heavy atom. The number of hydrogen-bond donors (Lipinski definition) is 0. The Morgan fingerprint density at radius 1 is 1.19 bits per heavy atom. The molecule has 3 rings (SSSR count). The first-order valence-electron chi connectivity index (χ1n) is 8.62. The number of benzene rings is 1. The fourth-order valence-electron chi connectivity index (χ4n) is 2.88. The highest BCUT2D eigenvalue weighted by molar-refractivity contribution is 9.10. The summed E-state index contributed by atoms with van der Waals surface area (Å²) in [6, 6.07) is 7.53. The van der Waals surface area contributed by atoms with Gasteiger partial charge in [0.25, 0.3) is 5.91 Å². The van der Waals surface area contributed by atoms with Crippen LogP contribution in [-0.2, 0) is 4.74 Å². The molecule has 142 valence electrons. The van der Waals surface area contributed by atoms with Crippen molar-refractivity contribution in [2.24, 2.45) is 0 Å². The van der Waals surface area contributed by atoms with Crippen LogP contribution in [0.5, 0.6) is 0 Å². The average molecular weight is 436 g/mol. The zero-order chi connectivity index (χ0) is 19.4. The number of rotatable bonds is 4. The molecule has 1 fully saturated rings. The smallest absolute Gasteiger partial charge is 0.339 e. The first-order valence-corrected chi connectivity index (χ1v) is 9.41. The number of amides is 1. The van der Waals surface area contributed by atoms with Crippen LogP contribution in [0.2, 0.25) is 0 Å². The maximum atomic E-state index is 13.2. The third-order valence-electron chi connectivity index (χ3n) is 4.31. The van der Waals surface area contributed by atoms with Gasteiger partial charge in [-0.25, -0.2) is 14.2 Å². The number of carbonyl (C=O) groups excluding carboxylic acids is 2. The van der Waals surface area contributed by atoms with Crippen LogP contribution in [0.1, 0.15) is 27.6 Å². The average Bonchev–Trinajstić information content (AvgIpc) is 2.68. The molecule has 1 aliphatic rings. The van der Waals surface area contributed by atoms with E-state index < -0.39 is 5.97 Å². The summed E-state index contributed by atoms with van der Waals surface area (Å²) in [6.07, 6.45) is 1.50. The van der Waals surface area contributed by atoms with Crippen molar-refractivity contribution in [2.75, 3.05) is 37.7 Å². The molecule has 0 unspecified atom stereocenters.